The highest BCUT2D eigenvalue weighted by Gasteiger charge is 2.50. The second kappa shape index (κ2) is 13.9. The summed E-state index contributed by atoms with van der Waals surface area (Å²) < 4.78 is 13.4. The Labute approximate surface area is 261 Å². The van der Waals surface area contributed by atoms with Gasteiger partial charge in [-0.3, -0.25) is 0 Å². The van der Waals surface area contributed by atoms with Crippen molar-refractivity contribution in [3.05, 3.63) is 35.5 Å². The van der Waals surface area contributed by atoms with E-state index in [1.807, 2.05) is 0 Å². The third kappa shape index (κ3) is 8.32. The maximum Gasteiger partial charge on any atom is 0.193 e. The monoisotopic (exact) mass is 596 g/mol. The Bertz CT molecular complexity index is 1060. The number of hydrogen-bond donors (Lipinski definition) is 1. The number of ether oxygens (including phenoxy) is 1. The lowest BCUT2D eigenvalue weighted by Crippen LogP contribution is -2.51. The predicted octanol–water partition coefficient (Wildman–Crippen LogP) is 9.89. The molecule has 3 fully saturated rings. The van der Waals surface area contributed by atoms with Crippen LogP contribution in [0, 0.1) is 46.3 Å². The minimum Gasteiger partial charge on any atom is -0.407 e. The van der Waals surface area contributed by atoms with Crippen LogP contribution in [-0.4, -0.2) is 38.8 Å². The van der Waals surface area contributed by atoms with Gasteiger partial charge in [0.15, 0.2) is 8.32 Å². The first-order valence-electron chi connectivity index (χ1n) is 16.9. The van der Waals surface area contributed by atoms with E-state index >= 15 is 0 Å². The van der Waals surface area contributed by atoms with Crippen molar-refractivity contribution in [3.8, 4) is 11.8 Å². The van der Waals surface area contributed by atoms with E-state index in [9.17, 15) is 5.11 Å². The third-order valence-corrected chi connectivity index (χ3v) is 15.6. The van der Waals surface area contributed by atoms with Crippen molar-refractivity contribution >= 4 is 8.32 Å². The Morgan fingerprint density at radius 1 is 1.14 bits per heavy atom. The number of rotatable bonds is 9. The van der Waals surface area contributed by atoms with Gasteiger partial charge in [0.05, 0.1) is 12.2 Å². The highest BCUT2D eigenvalue weighted by molar-refractivity contribution is 6.74. The molecule has 3 nitrogen and oxygen atoms in total. The molecule has 0 amide bonds. The molecule has 3 aliphatic carbocycles. The van der Waals surface area contributed by atoms with E-state index in [1.165, 1.54) is 37.7 Å². The molecule has 0 saturated heterocycles. The lowest BCUT2D eigenvalue weighted by atomic mass is 9.61. The minimum absolute atomic E-state index is 0.0283. The van der Waals surface area contributed by atoms with Crippen molar-refractivity contribution in [1.82, 2.24) is 0 Å². The van der Waals surface area contributed by atoms with Crippen molar-refractivity contribution in [3.63, 3.8) is 0 Å². The fraction of sp³-hybridized carbons (Fsp3) is 0.789. The summed E-state index contributed by atoms with van der Waals surface area (Å²) in [6.45, 7) is 30.8. The van der Waals surface area contributed by atoms with Gasteiger partial charge in [0, 0.05) is 25.0 Å². The van der Waals surface area contributed by atoms with E-state index < -0.39 is 8.32 Å². The number of fused-ring (bicyclic) bond motifs is 1. The zero-order valence-electron chi connectivity index (χ0n) is 29.2. The van der Waals surface area contributed by atoms with Gasteiger partial charge in [0.25, 0.3) is 0 Å². The summed E-state index contributed by atoms with van der Waals surface area (Å²) in [4.78, 5) is 0. The lowest BCUT2D eigenvalue weighted by Gasteiger charge is -2.46. The number of allylic oxidation sites excluding steroid dienone is 3. The maximum absolute atomic E-state index is 9.36. The molecule has 0 heterocycles. The van der Waals surface area contributed by atoms with Gasteiger partial charge in [-0.1, -0.05) is 71.8 Å². The van der Waals surface area contributed by atoms with Gasteiger partial charge < -0.3 is 14.3 Å². The Morgan fingerprint density at radius 3 is 2.45 bits per heavy atom. The fourth-order valence-electron chi connectivity index (χ4n) is 7.66. The largest absolute Gasteiger partial charge is 0.407 e. The molecule has 3 saturated carbocycles. The zero-order valence-corrected chi connectivity index (χ0v) is 30.2. The fourth-order valence-corrected chi connectivity index (χ4v) is 8.92. The second-order valence-electron chi connectivity index (χ2n) is 16.7. The van der Waals surface area contributed by atoms with Gasteiger partial charge in [0.1, 0.15) is 0 Å². The third-order valence-electron chi connectivity index (χ3n) is 11.1. The smallest absolute Gasteiger partial charge is 0.193 e. The van der Waals surface area contributed by atoms with Crippen LogP contribution in [0.4, 0.5) is 0 Å². The highest BCUT2D eigenvalue weighted by atomic mass is 28.4. The van der Waals surface area contributed by atoms with Gasteiger partial charge in [-0.25, -0.2) is 0 Å². The van der Waals surface area contributed by atoms with Crippen molar-refractivity contribution in [1.29, 1.82) is 0 Å². The van der Waals surface area contributed by atoms with Crippen LogP contribution in [-0.2, 0) is 9.16 Å². The molecular formula is C38H64O3Si. The molecule has 3 rings (SSSR count). The van der Waals surface area contributed by atoms with Crippen LogP contribution in [0.5, 0.6) is 0 Å². The Morgan fingerprint density at radius 2 is 1.83 bits per heavy atom. The molecule has 2 unspecified atom stereocenters. The molecule has 1 N–H and O–H groups in total. The number of aliphatic hydroxyl groups is 1. The Hall–Kier alpha value is -1.12. The Kier molecular flexibility index (Phi) is 11.7. The van der Waals surface area contributed by atoms with Crippen LogP contribution in [0.15, 0.2) is 35.5 Å². The van der Waals surface area contributed by atoms with E-state index in [0.29, 0.717) is 36.2 Å². The first kappa shape index (κ1) is 35.4. The van der Waals surface area contributed by atoms with E-state index in [2.05, 4.69) is 106 Å². The maximum atomic E-state index is 9.36. The van der Waals surface area contributed by atoms with E-state index in [1.54, 1.807) is 5.57 Å². The number of hydrogen-bond acceptors (Lipinski definition) is 3. The Balaban J connectivity index is 1.84. The van der Waals surface area contributed by atoms with Crippen molar-refractivity contribution in [2.24, 2.45) is 34.5 Å². The zero-order chi connectivity index (χ0) is 31.5. The molecule has 0 aromatic rings. The molecule has 0 radical (unpaired) electrons. The molecule has 7 atom stereocenters. The standard InChI is InChI=1S/C38H64O3Si/c1-27(16-13-22-36(4,5)6)32-20-21-33-30(17-14-23-38(32,33)10)18-19-31-26-28(2)34(40-25-15-24-39)35(29(31)3)41-42(11,12)37(7,8)9/h18-19,27-28,32-35,39H,3,14-17,20-21,23-26H2,1-2,4-12H3/b30-18+,31-19-/t27-,28-,32-,33?,34+,35?,38-/m1/s1. The summed E-state index contributed by atoms with van der Waals surface area (Å²) in [6.07, 6.45) is 13.8. The lowest BCUT2D eigenvalue weighted by molar-refractivity contribution is -0.0552. The summed E-state index contributed by atoms with van der Waals surface area (Å²) in [7, 11) is -2.05. The molecule has 42 heavy (non-hydrogen) atoms. The molecule has 3 aliphatic rings. The molecule has 4 heteroatoms. The van der Waals surface area contributed by atoms with Gasteiger partial charge in [-0.15, -0.1) is 5.92 Å². The van der Waals surface area contributed by atoms with Gasteiger partial charge in [-0.05, 0) is 124 Å². The average molecular weight is 597 g/mol. The van der Waals surface area contributed by atoms with Gasteiger partial charge in [-0.2, -0.15) is 0 Å². The first-order chi connectivity index (χ1) is 19.4. The second-order valence-corrected chi connectivity index (χ2v) is 21.4. The number of aliphatic hydroxyl groups excluding tert-OH is 1. The summed E-state index contributed by atoms with van der Waals surface area (Å²) in [5.41, 5.74) is 4.53. The van der Waals surface area contributed by atoms with Crippen molar-refractivity contribution in [2.75, 3.05) is 13.2 Å². The van der Waals surface area contributed by atoms with Gasteiger partial charge in [0.2, 0.25) is 0 Å². The molecule has 0 spiro atoms. The van der Waals surface area contributed by atoms with Crippen LogP contribution in [0.2, 0.25) is 18.1 Å². The quantitative estimate of drug-likeness (QED) is 0.164. The van der Waals surface area contributed by atoms with Crippen LogP contribution in [0.3, 0.4) is 0 Å². The topological polar surface area (TPSA) is 38.7 Å². The summed E-state index contributed by atoms with van der Waals surface area (Å²) in [5.74, 6) is 9.40. The van der Waals surface area contributed by atoms with Gasteiger partial charge >= 0.3 is 0 Å². The summed E-state index contributed by atoms with van der Waals surface area (Å²) in [5, 5.41) is 9.47. The minimum atomic E-state index is -2.05. The molecule has 0 bridgehead atoms. The van der Waals surface area contributed by atoms with Crippen molar-refractivity contribution in [2.45, 2.75) is 144 Å². The normalized spacial score (nSPS) is 33.4. The molecule has 0 aliphatic heterocycles. The average Bonchev–Trinajstić information content (AvgIpc) is 3.23. The van der Waals surface area contributed by atoms with Crippen molar-refractivity contribution < 1.29 is 14.3 Å². The molecule has 238 valence electrons. The molecular weight excluding hydrogens is 533 g/mol. The van der Waals surface area contributed by atoms with E-state index in [-0.39, 0.29) is 29.3 Å². The van der Waals surface area contributed by atoms with Crippen LogP contribution in [0.25, 0.3) is 0 Å². The van der Waals surface area contributed by atoms with E-state index in [4.69, 9.17) is 9.16 Å². The van der Waals surface area contributed by atoms with Crippen LogP contribution < -0.4 is 0 Å². The van der Waals surface area contributed by atoms with E-state index in [0.717, 1.165) is 24.3 Å². The van der Waals surface area contributed by atoms with Crippen LogP contribution in [0.1, 0.15) is 114 Å². The predicted molar refractivity (Wildman–Crippen MR) is 182 cm³/mol. The van der Waals surface area contributed by atoms with Crippen LogP contribution >= 0.6 is 0 Å². The summed E-state index contributed by atoms with van der Waals surface area (Å²) >= 11 is 0. The SMILES string of the molecule is C=C1/C(=C\C=C2/CCC[C@@]3(C)C2CC[C@@H]3[C@H](C)CC#CC(C)(C)C)C[C@@H](C)[C@H](OCCCO)C1O[Si](C)(C)C(C)(C)C. The molecule has 0 aromatic carbocycles. The molecule has 0 aromatic heterocycles. The summed E-state index contributed by atoms with van der Waals surface area (Å²) in [6, 6.07) is 0. The highest BCUT2D eigenvalue weighted by Crippen LogP contribution is 2.59. The first-order valence-corrected chi connectivity index (χ1v) is 19.8.